The number of allylic oxidation sites excluding steroid dienone is 2. The molecule has 1 aliphatic carbocycles. The quantitative estimate of drug-likeness (QED) is 0.622. The molecule has 4 heteroatoms. The monoisotopic (exact) mass is 310 g/mol. The zero-order valence-corrected chi connectivity index (χ0v) is 13.4. The topological polar surface area (TPSA) is 40.6 Å². The van der Waals surface area contributed by atoms with Crippen molar-refractivity contribution < 1.29 is 9.59 Å². The van der Waals surface area contributed by atoms with Gasteiger partial charge >= 0.3 is 0 Å². The Kier molecular flexibility index (Phi) is 3.57. The van der Waals surface area contributed by atoms with Crippen molar-refractivity contribution >= 4 is 17.5 Å². The van der Waals surface area contributed by atoms with Crippen molar-refractivity contribution in [2.75, 3.05) is 18.0 Å². The molecule has 3 atom stereocenters. The molecule has 2 heterocycles. The summed E-state index contributed by atoms with van der Waals surface area (Å²) in [6, 6.07) is 7.34. The zero-order chi connectivity index (χ0) is 16.0. The summed E-state index contributed by atoms with van der Waals surface area (Å²) in [5.74, 6) is 1.18. The highest BCUT2D eigenvalue weighted by atomic mass is 16.2. The fourth-order valence-electron chi connectivity index (χ4n) is 4.17. The smallest absolute Gasteiger partial charge is 0.251 e. The summed E-state index contributed by atoms with van der Waals surface area (Å²) in [5, 5.41) is 0. The van der Waals surface area contributed by atoms with Gasteiger partial charge in [0.25, 0.3) is 5.91 Å². The second kappa shape index (κ2) is 5.60. The number of hydrogen-bond acceptors (Lipinski definition) is 3. The highest BCUT2D eigenvalue weighted by molar-refractivity contribution is 6.22. The molecule has 4 nitrogen and oxygen atoms in total. The number of carbonyl (C=O) groups is 2. The van der Waals surface area contributed by atoms with E-state index >= 15 is 0 Å². The molecule has 2 aliphatic heterocycles. The Morgan fingerprint density at radius 2 is 1.57 bits per heavy atom. The van der Waals surface area contributed by atoms with E-state index in [9.17, 15) is 9.59 Å². The van der Waals surface area contributed by atoms with E-state index in [4.69, 9.17) is 0 Å². The van der Waals surface area contributed by atoms with E-state index in [2.05, 4.69) is 17.1 Å². The van der Waals surface area contributed by atoms with Crippen LogP contribution in [0.3, 0.4) is 0 Å². The van der Waals surface area contributed by atoms with Gasteiger partial charge in [0.05, 0.1) is 18.2 Å². The van der Waals surface area contributed by atoms with Crippen molar-refractivity contribution in [3.63, 3.8) is 0 Å². The van der Waals surface area contributed by atoms with E-state index in [1.165, 1.54) is 4.90 Å². The number of aryl methyl sites for hydroxylation is 1. The van der Waals surface area contributed by atoms with E-state index in [1.807, 2.05) is 31.2 Å². The van der Waals surface area contributed by atoms with E-state index < -0.39 is 0 Å². The van der Waals surface area contributed by atoms with Crippen LogP contribution in [0.2, 0.25) is 0 Å². The van der Waals surface area contributed by atoms with Crippen molar-refractivity contribution in [3.8, 4) is 0 Å². The Labute approximate surface area is 136 Å². The van der Waals surface area contributed by atoms with Gasteiger partial charge in [-0.15, -0.1) is 0 Å². The third kappa shape index (κ3) is 2.51. The molecule has 0 aromatic heterocycles. The lowest BCUT2D eigenvalue weighted by atomic mass is 9.86. The molecule has 0 N–H and O–H groups in total. The van der Waals surface area contributed by atoms with Gasteiger partial charge in [0.2, 0.25) is 5.91 Å². The summed E-state index contributed by atoms with van der Waals surface area (Å²) in [6.07, 6.45) is 7.05. The number of fused-ring (bicyclic) bond motifs is 1. The first-order valence-electron chi connectivity index (χ1n) is 8.46. The van der Waals surface area contributed by atoms with Gasteiger partial charge in [-0.05, 0) is 43.7 Å². The Bertz CT molecular complexity index is 648. The highest BCUT2D eigenvalue weighted by Gasteiger charge is 2.46. The molecule has 0 saturated carbocycles. The van der Waals surface area contributed by atoms with Crippen LogP contribution in [0.5, 0.6) is 0 Å². The number of anilines is 1. The lowest BCUT2D eigenvalue weighted by molar-refractivity contribution is -0.122. The molecule has 0 radical (unpaired) electrons. The minimum absolute atomic E-state index is 0.0505. The maximum absolute atomic E-state index is 12.8. The Balaban J connectivity index is 1.53. The van der Waals surface area contributed by atoms with Gasteiger partial charge in [-0.1, -0.05) is 29.8 Å². The van der Waals surface area contributed by atoms with Crippen molar-refractivity contribution in [2.24, 2.45) is 11.8 Å². The lowest BCUT2D eigenvalue weighted by Gasteiger charge is -2.22. The fraction of sp³-hybridized carbons (Fsp3) is 0.474. The molecule has 1 aromatic carbocycles. The van der Waals surface area contributed by atoms with E-state index in [-0.39, 0.29) is 17.9 Å². The number of imide groups is 1. The Hall–Kier alpha value is -1.94. The number of hydrogen-bond donors (Lipinski definition) is 0. The first-order chi connectivity index (χ1) is 11.1. The number of carbonyl (C=O) groups excluding carboxylic acids is 2. The van der Waals surface area contributed by atoms with Crippen LogP contribution < -0.4 is 4.90 Å². The molecule has 3 aliphatic rings. The molecule has 0 bridgehead atoms. The summed E-state index contributed by atoms with van der Waals surface area (Å²) in [7, 11) is 0. The van der Waals surface area contributed by atoms with E-state index in [0.29, 0.717) is 23.9 Å². The van der Waals surface area contributed by atoms with Gasteiger partial charge in [0.1, 0.15) is 0 Å². The first-order valence-corrected chi connectivity index (χ1v) is 8.46. The number of nitrogens with zero attached hydrogens (tertiary/aromatic N) is 2. The predicted octanol–water partition coefficient (Wildman–Crippen LogP) is 2.52. The van der Waals surface area contributed by atoms with Gasteiger partial charge in [-0.25, -0.2) is 4.90 Å². The second-order valence-corrected chi connectivity index (χ2v) is 7.04. The predicted molar refractivity (Wildman–Crippen MR) is 89.0 cm³/mol. The zero-order valence-electron chi connectivity index (χ0n) is 13.4. The second-order valence-electron chi connectivity index (χ2n) is 7.04. The molecular formula is C19H22N2O2. The maximum atomic E-state index is 12.8. The number of likely N-dealkylation sites (tertiary alicyclic amines) is 1. The van der Waals surface area contributed by atoms with E-state index in [1.54, 1.807) is 0 Å². The standard InChI is InChI=1S/C19H22N2O2/c1-13-6-8-16(9-7-13)21-18(22)10-17(19(21)23)20-11-14-4-2-3-5-15(14)12-20/h2-3,6-9,14-15,17H,4-5,10-12H2,1H3/t14-,15+,17?. The third-order valence-corrected chi connectivity index (χ3v) is 5.50. The van der Waals surface area contributed by atoms with Crippen LogP contribution in [0.4, 0.5) is 5.69 Å². The number of rotatable bonds is 2. The van der Waals surface area contributed by atoms with Gasteiger partial charge in [-0.3, -0.25) is 14.5 Å². The van der Waals surface area contributed by atoms with Crippen molar-refractivity contribution in [1.82, 2.24) is 4.90 Å². The molecule has 1 aromatic rings. The normalized spacial score (nSPS) is 31.0. The maximum Gasteiger partial charge on any atom is 0.251 e. The molecule has 0 spiro atoms. The Morgan fingerprint density at radius 3 is 2.17 bits per heavy atom. The largest absolute Gasteiger partial charge is 0.291 e. The molecule has 4 rings (SSSR count). The van der Waals surface area contributed by atoms with Crippen LogP contribution in [-0.4, -0.2) is 35.8 Å². The molecular weight excluding hydrogens is 288 g/mol. The van der Waals surface area contributed by atoms with Crippen LogP contribution in [0, 0.1) is 18.8 Å². The van der Waals surface area contributed by atoms with Gasteiger partial charge in [0.15, 0.2) is 0 Å². The van der Waals surface area contributed by atoms with Gasteiger partial charge in [0, 0.05) is 13.1 Å². The first kappa shape index (κ1) is 14.6. The minimum atomic E-state index is -0.269. The van der Waals surface area contributed by atoms with Gasteiger partial charge in [-0.2, -0.15) is 0 Å². The van der Waals surface area contributed by atoms with Crippen LogP contribution in [-0.2, 0) is 9.59 Å². The van der Waals surface area contributed by atoms with E-state index in [0.717, 1.165) is 31.5 Å². The summed E-state index contributed by atoms with van der Waals surface area (Å²) >= 11 is 0. The lowest BCUT2D eigenvalue weighted by Crippen LogP contribution is -2.41. The molecule has 2 amide bonds. The van der Waals surface area contributed by atoms with Crippen LogP contribution in [0.25, 0.3) is 0 Å². The number of benzene rings is 1. The summed E-state index contributed by atoms with van der Waals surface area (Å²) in [6.45, 7) is 3.89. The average Bonchev–Trinajstić information content (AvgIpc) is 3.09. The van der Waals surface area contributed by atoms with Crippen molar-refractivity contribution in [3.05, 3.63) is 42.0 Å². The Morgan fingerprint density at radius 1 is 0.957 bits per heavy atom. The van der Waals surface area contributed by atoms with Crippen LogP contribution in [0.15, 0.2) is 36.4 Å². The number of amides is 2. The molecule has 23 heavy (non-hydrogen) atoms. The molecule has 1 unspecified atom stereocenters. The average molecular weight is 310 g/mol. The van der Waals surface area contributed by atoms with Gasteiger partial charge < -0.3 is 0 Å². The van der Waals surface area contributed by atoms with Crippen molar-refractivity contribution in [1.29, 1.82) is 0 Å². The summed E-state index contributed by atoms with van der Waals surface area (Å²) < 4.78 is 0. The molecule has 2 saturated heterocycles. The minimum Gasteiger partial charge on any atom is -0.291 e. The summed E-state index contributed by atoms with van der Waals surface area (Å²) in [5.41, 5.74) is 1.83. The fourth-order valence-corrected chi connectivity index (χ4v) is 4.17. The molecule has 2 fully saturated rings. The van der Waals surface area contributed by atoms with Crippen LogP contribution >= 0.6 is 0 Å². The highest BCUT2D eigenvalue weighted by Crippen LogP contribution is 2.36. The van der Waals surface area contributed by atoms with Crippen molar-refractivity contribution in [2.45, 2.75) is 32.2 Å². The third-order valence-electron chi connectivity index (χ3n) is 5.50. The molecule has 120 valence electrons. The SMILES string of the molecule is Cc1ccc(N2C(=O)CC(N3C[C@H]4CC=CC[C@H]4C3)C2=O)cc1. The summed E-state index contributed by atoms with van der Waals surface area (Å²) in [4.78, 5) is 28.9. The van der Waals surface area contributed by atoms with Crippen LogP contribution in [0.1, 0.15) is 24.8 Å².